The number of nitrogens with one attached hydrogen (secondary N) is 2. The van der Waals surface area contributed by atoms with Crippen molar-refractivity contribution in [2.24, 2.45) is 0 Å². The van der Waals surface area contributed by atoms with Crippen LogP contribution in [0.1, 0.15) is 11.3 Å². The lowest BCUT2D eigenvalue weighted by molar-refractivity contribution is 1.28. The lowest BCUT2D eigenvalue weighted by atomic mass is 10.2. The van der Waals surface area contributed by atoms with Crippen LogP contribution in [0.3, 0.4) is 0 Å². The highest BCUT2D eigenvalue weighted by Gasteiger charge is 1.95. The second-order valence-corrected chi connectivity index (χ2v) is 4.81. The number of aromatic amines is 2. The van der Waals surface area contributed by atoms with Crippen LogP contribution >= 0.6 is 0 Å². The Morgan fingerprint density at radius 1 is 0.950 bits per heavy atom. The SMILES string of the molecule is Cc1cc2ccncc2[nH]1.Cc1cncc2[nH]ccc12. The first-order valence-corrected chi connectivity index (χ1v) is 6.51. The molecule has 100 valence electrons. The summed E-state index contributed by atoms with van der Waals surface area (Å²) in [6.45, 7) is 4.10. The Morgan fingerprint density at radius 3 is 2.60 bits per heavy atom. The summed E-state index contributed by atoms with van der Waals surface area (Å²) >= 11 is 0. The number of pyridine rings is 2. The van der Waals surface area contributed by atoms with Crippen molar-refractivity contribution in [3.63, 3.8) is 0 Å². The number of hydrogen-bond donors (Lipinski definition) is 2. The van der Waals surface area contributed by atoms with Crippen molar-refractivity contribution in [2.75, 3.05) is 0 Å². The molecular weight excluding hydrogens is 248 g/mol. The van der Waals surface area contributed by atoms with E-state index in [1.54, 1.807) is 6.20 Å². The molecule has 0 aromatic carbocycles. The molecule has 4 aromatic heterocycles. The highest BCUT2D eigenvalue weighted by atomic mass is 14.7. The van der Waals surface area contributed by atoms with Crippen LogP contribution in [0.2, 0.25) is 0 Å². The topological polar surface area (TPSA) is 57.4 Å². The van der Waals surface area contributed by atoms with E-state index in [0.29, 0.717) is 0 Å². The molecule has 0 radical (unpaired) electrons. The standard InChI is InChI=1S/2C8H8N2/c1-6-4-9-5-8-7(6)2-3-10-8;1-6-4-7-2-3-9-5-8(7)10-6/h2*2-5,10H,1H3. The van der Waals surface area contributed by atoms with E-state index >= 15 is 0 Å². The largest absolute Gasteiger partial charge is 0.360 e. The van der Waals surface area contributed by atoms with Crippen molar-refractivity contribution in [1.29, 1.82) is 0 Å². The lowest BCUT2D eigenvalue weighted by Gasteiger charge is -1.91. The molecule has 0 saturated carbocycles. The molecule has 2 N–H and O–H groups in total. The summed E-state index contributed by atoms with van der Waals surface area (Å²) in [4.78, 5) is 14.3. The number of fused-ring (bicyclic) bond motifs is 2. The number of aryl methyl sites for hydroxylation is 2. The van der Waals surface area contributed by atoms with Crippen LogP contribution in [0, 0.1) is 13.8 Å². The predicted molar refractivity (Wildman–Crippen MR) is 81.7 cm³/mol. The minimum absolute atomic E-state index is 1.11. The van der Waals surface area contributed by atoms with E-state index in [0.717, 1.165) is 11.0 Å². The summed E-state index contributed by atoms with van der Waals surface area (Å²) in [6, 6.07) is 6.17. The minimum Gasteiger partial charge on any atom is -0.360 e. The summed E-state index contributed by atoms with van der Waals surface area (Å²) < 4.78 is 0. The predicted octanol–water partition coefficient (Wildman–Crippen LogP) is 3.74. The number of aromatic nitrogens is 4. The third-order valence-corrected chi connectivity index (χ3v) is 3.23. The summed E-state index contributed by atoms with van der Waals surface area (Å²) in [6.07, 6.45) is 9.27. The maximum Gasteiger partial charge on any atom is 0.0643 e. The van der Waals surface area contributed by atoms with Gasteiger partial charge in [0.2, 0.25) is 0 Å². The molecule has 4 heteroatoms. The Kier molecular flexibility index (Phi) is 3.21. The van der Waals surface area contributed by atoms with E-state index in [1.807, 2.05) is 37.8 Å². The first-order valence-electron chi connectivity index (χ1n) is 6.51. The highest BCUT2D eigenvalue weighted by molar-refractivity contribution is 5.81. The van der Waals surface area contributed by atoms with Gasteiger partial charge in [0.15, 0.2) is 0 Å². The van der Waals surface area contributed by atoms with Gasteiger partial charge in [0.25, 0.3) is 0 Å². The molecule has 0 saturated heterocycles. The van der Waals surface area contributed by atoms with Crippen LogP contribution < -0.4 is 0 Å². The fraction of sp³-hybridized carbons (Fsp3) is 0.125. The first kappa shape index (κ1) is 12.4. The number of nitrogens with zero attached hydrogens (tertiary/aromatic N) is 2. The molecule has 0 aliphatic rings. The average molecular weight is 264 g/mol. The second-order valence-electron chi connectivity index (χ2n) is 4.81. The molecule has 0 aliphatic heterocycles. The molecule has 0 aliphatic carbocycles. The van der Waals surface area contributed by atoms with Crippen molar-refractivity contribution < 1.29 is 0 Å². The van der Waals surface area contributed by atoms with Gasteiger partial charge in [-0.3, -0.25) is 9.97 Å². The molecule has 0 unspecified atom stereocenters. The van der Waals surface area contributed by atoms with Crippen LogP contribution in [0.25, 0.3) is 21.8 Å². The number of rotatable bonds is 0. The van der Waals surface area contributed by atoms with Gasteiger partial charge in [0.1, 0.15) is 0 Å². The van der Waals surface area contributed by atoms with E-state index in [9.17, 15) is 0 Å². The van der Waals surface area contributed by atoms with Gasteiger partial charge in [-0.05, 0) is 37.6 Å². The summed E-state index contributed by atoms with van der Waals surface area (Å²) in [7, 11) is 0. The molecule has 4 heterocycles. The molecule has 4 rings (SSSR count). The smallest absolute Gasteiger partial charge is 0.0643 e. The molecule has 0 fully saturated rings. The van der Waals surface area contributed by atoms with Gasteiger partial charge in [-0.2, -0.15) is 0 Å². The Bertz CT molecular complexity index is 808. The molecule has 20 heavy (non-hydrogen) atoms. The third kappa shape index (κ3) is 2.40. The maximum absolute atomic E-state index is 4.05. The molecule has 0 spiro atoms. The zero-order valence-corrected chi connectivity index (χ0v) is 11.5. The third-order valence-electron chi connectivity index (χ3n) is 3.23. The maximum atomic E-state index is 4.05. The molecule has 0 amide bonds. The quantitative estimate of drug-likeness (QED) is 0.508. The zero-order chi connectivity index (χ0) is 13.9. The Morgan fingerprint density at radius 2 is 1.80 bits per heavy atom. The number of hydrogen-bond acceptors (Lipinski definition) is 2. The van der Waals surface area contributed by atoms with Crippen molar-refractivity contribution in [3.8, 4) is 0 Å². The normalized spacial score (nSPS) is 10.5. The van der Waals surface area contributed by atoms with Crippen LogP contribution in [0.15, 0.2) is 49.2 Å². The van der Waals surface area contributed by atoms with Gasteiger partial charge in [-0.15, -0.1) is 0 Å². The van der Waals surface area contributed by atoms with Crippen LogP contribution in [-0.4, -0.2) is 19.9 Å². The van der Waals surface area contributed by atoms with Crippen LogP contribution in [0.4, 0.5) is 0 Å². The molecule has 4 nitrogen and oxygen atoms in total. The van der Waals surface area contributed by atoms with Crippen LogP contribution in [-0.2, 0) is 0 Å². The zero-order valence-electron chi connectivity index (χ0n) is 11.5. The van der Waals surface area contributed by atoms with Crippen LogP contribution in [0.5, 0.6) is 0 Å². The van der Waals surface area contributed by atoms with Gasteiger partial charge in [-0.1, -0.05) is 0 Å². The van der Waals surface area contributed by atoms with Crippen molar-refractivity contribution >= 4 is 21.8 Å². The molecule has 4 aromatic rings. The Hall–Kier alpha value is -2.62. The van der Waals surface area contributed by atoms with E-state index in [-0.39, 0.29) is 0 Å². The average Bonchev–Trinajstić information content (AvgIpc) is 3.04. The monoisotopic (exact) mass is 264 g/mol. The molecular formula is C16H16N4. The van der Waals surface area contributed by atoms with Gasteiger partial charge in [0.05, 0.1) is 23.4 Å². The van der Waals surface area contributed by atoms with E-state index in [2.05, 4.69) is 39.0 Å². The van der Waals surface area contributed by atoms with Gasteiger partial charge < -0.3 is 9.97 Å². The summed E-state index contributed by atoms with van der Waals surface area (Å²) in [5, 5.41) is 2.49. The van der Waals surface area contributed by atoms with Gasteiger partial charge >= 0.3 is 0 Å². The molecule has 0 atom stereocenters. The summed E-state index contributed by atoms with van der Waals surface area (Å²) in [5.74, 6) is 0. The van der Waals surface area contributed by atoms with Gasteiger partial charge in [0, 0.05) is 35.1 Å². The van der Waals surface area contributed by atoms with Crippen molar-refractivity contribution in [3.05, 3.63) is 60.4 Å². The Labute approximate surface area is 116 Å². The van der Waals surface area contributed by atoms with Crippen molar-refractivity contribution in [2.45, 2.75) is 13.8 Å². The number of H-pyrrole nitrogens is 2. The summed E-state index contributed by atoms with van der Waals surface area (Å²) in [5.41, 5.74) is 4.63. The fourth-order valence-corrected chi connectivity index (χ4v) is 2.24. The Balaban J connectivity index is 0.000000121. The fourth-order valence-electron chi connectivity index (χ4n) is 2.24. The van der Waals surface area contributed by atoms with Crippen molar-refractivity contribution in [1.82, 2.24) is 19.9 Å². The van der Waals surface area contributed by atoms with E-state index in [1.165, 1.54) is 22.0 Å². The van der Waals surface area contributed by atoms with E-state index in [4.69, 9.17) is 0 Å². The van der Waals surface area contributed by atoms with Gasteiger partial charge in [-0.25, -0.2) is 0 Å². The lowest BCUT2D eigenvalue weighted by Crippen LogP contribution is -1.76. The van der Waals surface area contributed by atoms with E-state index < -0.39 is 0 Å². The highest BCUT2D eigenvalue weighted by Crippen LogP contribution is 2.13. The first-order chi connectivity index (χ1) is 9.74. The second kappa shape index (κ2) is 5.17. The minimum atomic E-state index is 1.11. The molecule has 0 bridgehead atoms.